The van der Waals surface area contributed by atoms with E-state index in [2.05, 4.69) is 1.78 Å². The number of rotatable bonds is 0. The van der Waals surface area contributed by atoms with Gasteiger partial charge in [-0.3, -0.25) is 0 Å². The monoisotopic (exact) mass is 276 g/mol. The summed E-state index contributed by atoms with van der Waals surface area (Å²) in [4.78, 5) is 0. The van der Waals surface area contributed by atoms with Gasteiger partial charge in [0.05, 0.1) is 0 Å². The Kier molecular flexibility index (Phi) is 1.48. The fourth-order valence-corrected chi connectivity index (χ4v) is 11.0. The summed E-state index contributed by atoms with van der Waals surface area (Å²) < 4.78 is 46.3. The molecule has 1 fully saturated rings. The van der Waals surface area contributed by atoms with Gasteiger partial charge in [-0.25, -0.2) is 0 Å². The Morgan fingerprint density at radius 1 is 0.750 bits per heavy atom. The maximum absolute atomic E-state index is 9.84. The van der Waals surface area contributed by atoms with Crippen LogP contribution in [-0.2, 0) is 55.3 Å². The van der Waals surface area contributed by atoms with Gasteiger partial charge < -0.3 is 0 Å². The minimum atomic E-state index is -5.25. The topological polar surface area (TPSA) is 86.7 Å². The third-order valence-corrected chi connectivity index (χ3v) is 17.5. The molecule has 0 N–H and O–H groups in total. The third-order valence-electron chi connectivity index (χ3n) is 0.500. The Hall–Kier alpha value is 0.886. The molecule has 0 aliphatic carbocycles. The molecule has 0 unspecified atom stereocenters. The van der Waals surface area contributed by atoms with Crippen molar-refractivity contribution in [1.82, 2.24) is 0 Å². The van der Waals surface area contributed by atoms with Crippen molar-refractivity contribution in [3.63, 3.8) is 0 Å². The van der Waals surface area contributed by atoms with Gasteiger partial charge in [0.15, 0.2) is 0 Å². The zero-order valence-corrected chi connectivity index (χ0v) is 8.37. The second kappa shape index (κ2) is 1.69. The van der Waals surface area contributed by atoms with Gasteiger partial charge in [-0.2, -0.15) is 0 Å². The van der Waals surface area contributed by atoms with E-state index >= 15 is 0 Å². The van der Waals surface area contributed by atoms with Crippen LogP contribution in [0.2, 0.25) is 0 Å². The normalized spacial score (nSPS) is 23.0. The van der Waals surface area contributed by atoms with Crippen LogP contribution in [0.15, 0.2) is 0 Å². The van der Waals surface area contributed by atoms with Crippen LogP contribution in [0.5, 0.6) is 0 Å². The van der Waals surface area contributed by atoms with E-state index < -0.39 is 42.3 Å². The van der Waals surface area contributed by atoms with Crippen LogP contribution >= 0.6 is 0 Å². The van der Waals surface area contributed by atoms with Gasteiger partial charge >= 0.3 is 55.3 Å². The summed E-state index contributed by atoms with van der Waals surface area (Å²) in [7, 11) is 0. The molecule has 0 aromatic rings. The molecule has 8 heavy (non-hydrogen) atoms. The Bertz CT molecular complexity index is 226. The SMILES string of the molecule is [O]=[Zr]1(=[O])[O][Zr](=[O])(=[O])[O]1. The van der Waals surface area contributed by atoms with E-state index in [1.165, 1.54) is 0 Å². The number of hydrogen-bond acceptors (Lipinski definition) is 6. The second-order valence-corrected chi connectivity index (χ2v) is 13.1. The van der Waals surface area contributed by atoms with Crippen LogP contribution in [0.1, 0.15) is 0 Å². The summed E-state index contributed by atoms with van der Waals surface area (Å²) in [5.41, 5.74) is 0. The van der Waals surface area contributed by atoms with Crippen molar-refractivity contribution < 1.29 is 55.3 Å². The molecule has 0 aromatic carbocycles. The molecule has 8 heteroatoms. The fraction of sp³-hybridized carbons (Fsp3) is 0. The Morgan fingerprint density at radius 2 is 1.00 bits per heavy atom. The van der Waals surface area contributed by atoms with Crippen molar-refractivity contribution >= 4 is 0 Å². The van der Waals surface area contributed by atoms with Crippen LogP contribution in [-0.4, -0.2) is 0 Å². The van der Waals surface area contributed by atoms with Crippen molar-refractivity contribution in [3.05, 3.63) is 0 Å². The summed E-state index contributed by atoms with van der Waals surface area (Å²) in [6.07, 6.45) is 0. The second-order valence-electron chi connectivity index (χ2n) is 1.20. The standard InChI is InChI=1S/6O.2Zr. The van der Waals surface area contributed by atoms with Crippen LogP contribution in [0.4, 0.5) is 0 Å². The molecule has 0 amide bonds. The van der Waals surface area contributed by atoms with Crippen molar-refractivity contribution in [3.8, 4) is 0 Å². The zero-order chi connectivity index (χ0) is 6.41. The predicted molar refractivity (Wildman–Crippen MR) is 4.92 cm³/mol. The molecule has 1 saturated heterocycles. The molecular formula is O6Zr2. The fourth-order valence-electron chi connectivity index (χ4n) is 0.314. The Morgan fingerprint density at radius 3 is 1.00 bits per heavy atom. The summed E-state index contributed by atoms with van der Waals surface area (Å²) in [6, 6.07) is 0. The van der Waals surface area contributed by atoms with E-state index in [1.807, 2.05) is 0 Å². The quantitative estimate of drug-likeness (QED) is 0.587. The van der Waals surface area contributed by atoms with Gasteiger partial charge in [-0.05, 0) is 0 Å². The van der Waals surface area contributed by atoms with Crippen molar-refractivity contribution in [2.24, 2.45) is 0 Å². The number of hydrogen-bond donors (Lipinski definition) is 0. The van der Waals surface area contributed by atoms with E-state index in [9.17, 15) is 11.3 Å². The van der Waals surface area contributed by atoms with E-state index in [4.69, 9.17) is 0 Å². The molecule has 0 radical (unpaired) electrons. The molecule has 0 atom stereocenters. The van der Waals surface area contributed by atoms with Gasteiger partial charge in [0.1, 0.15) is 0 Å². The van der Waals surface area contributed by atoms with E-state index in [-0.39, 0.29) is 0 Å². The maximum atomic E-state index is 9.84. The molecule has 1 rings (SSSR count). The van der Waals surface area contributed by atoms with Crippen molar-refractivity contribution in [2.75, 3.05) is 0 Å². The average molecular weight is 278 g/mol. The third kappa shape index (κ3) is 1.44. The van der Waals surface area contributed by atoms with Crippen LogP contribution in [0, 0.1) is 0 Å². The Labute approximate surface area is 54.8 Å². The van der Waals surface area contributed by atoms with Crippen LogP contribution < -0.4 is 0 Å². The van der Waals surface area contributed by atoms with Gasteiger partial charge in [0.2, 0.25) is 0 Å². The zero-order valence-electron chi connectivity index (χ0n) is 3.45. The van der Waals surface area contributed by atoms with Gasteiger partial charge in [-0.1, -0.05) is 0 Å². The minimum absolute atomic E-state index is 3.49. The van der Waals surface area contributed by atoms with Crippen molar-refractivity contribution in [2.45, 2.75) is 0 Å². The molecule has 0 spiro atoms. The first-order valence-corrected chi connectivity index (χ1v) is 9.66. The first-order chi connectivity index (χ1) is 3.41. The molecule has 1 aliphatic heterocycles. The molecule has 1 aliphatic rings. The molecule has 44 valence electrons. The molecule has 0 saturated carbocycles. The van der Waals surface area contributed by atoms with E-state index in [0.717, 1.165) is 0 Å². The first-order valence-electron chi connectivity index (χ1n) is 1.63. The molecular weight excluding hydrogens is 278 g/mol. The molecule has 0 aromatic heterocycles. The van der Waals surface area contributed by atoms with Gasteiger partial charge in [0, 0.05) is 0 Å². The molecule has 6 nitrogen and oxygen atoms in total. The van der Waals surface area contributed by atoms with Gasteiger partial charge in [-0.15, -0.1) is 0 Å². The summed E-state index contributed by atoms with van der Waals surface area (Å²) in [6.45, 7) is 0. The van der Waals surface area contributed by atoms with E-state index in [1.54, 1.807) is 0 Å². The average Bonchev–Trinajstić information content (AvgIpc) is 1.20. The van der Waals surface area contributed by atoms with E-state index in [0.29, 0.717) is 0 Å². The molecule has 0 bridgehead atoms. The summed E-state index contributed by atoms with van der Waals surface area (Å²) >= 11 is -10.5. The molecule has 1 heterocycles. The Balaban J connectivity index is 3.00. The predicted octanol–water partition coefficient (Wildman–Crippen LogP) is -0.617. The van der Waals surface area contributed by atoms with Gasteiger partial charge in [0.25, 0.3) is 0 Å². The summed E-state index contributed by atoms with van der Waals surface area (Å²) in [5.74, 6) is 0. The van der Waals surface area contributed by atoms with Crippen molar-refractivity contribution in [1.29, 1.82) is 0 Å². The summed E-state index contributed by atoms with van der Waals surface area (Å²) in [5, 5.41) is 0. The van der Waals surface area contributed by atoms with Crippen LogP contribution in [0.3, 0.4) is 0 Å². The van der Waals surface area contributed by atoms with Crippen LogP contribution in [0.25, 0.3) is 0 Å². The first kappa shape index (κ1) is 7.00.